The average molecular weight is 478 g/mol. The number of hydrogen-bond donors (Lipinski definition) is 0. The minimum absolute atomic E-state index is 0.0532. The molecule has 3 aromatic rings. The van der Waals surface area contributed by atoms with Crippen LogP contribution in [0.4, 0.5) is 13.2 Å². The maximum atomic E-state index is 12.7. The van der Waals surface area contributed by atoms with E-state index in [0.717, 1.165) is 11.3 Å². The highest BCUT2D eigenvalue weighted by atomic mass is 32.2. The number of carbonyl (C=O) groups is 1. The summed E-state index contributed by atoms with van der Waals surface area (Å²) in [6.45, 7) is 2.70. The number of halogens is 3. The molecule has 1 saturated heterocycles. The molecule has 0 spiro atoms. The van der Waals surface area contributed by atoms with Crippen molar-refractivity contribution in [2.45, 2.75) is 16.9 Å². The van der Waals surface area contributed by atoms with Gasteiger partial charge in [-0.05, 0) is 60.3 Å². The van der Waals surface area contributed by atoms with Crippen molar-refractivity contribution >= 4 is 17.7 Å². The molecule has 2 heterocycles. The fourth-order valence-corrected chi connectivity index (χ4v) is 4.00. The number of carbonyl (C=O) groups excluding carboxylic acids is 1. The molecule has 1 amide bonds. The Labute approximate surface area is 192 Å². The lowest BCUT2D eigenvalue weighted by molar-refractivity contribution is -0.0328. The van der Waals surface area contributed by atoms with Gasteiger partial charge in [0.1, 0.15) is 5.75 Å². The predicted molar refractivity (Wildman–Crippen MR) is 116 cm³/mol. The second kappa shape index (κ2) is 9.84. The Morgan fingerprint density at radius 2 is 1.73 bits per heavy atom. The second-order valence-corrected chi connectivity index (χ2v) is 8.52. The molecule has 2 aromatic carbocycles. The molecular formula is C22H21F3N4O3S. The first kappa shape index (κ1) is 23.1. The molecule has 1 aliphatic heterocycles. The van der Waals surface area contributed by atoms with E-state index in [2.05, 4.69) is 15.0 Å². The van der Waals surface area contributed by atoms with Crippen LogP contribution in [-0.4, -0.2) is 64.6 Å². The van der Waals surface area contributed by atoms with Gasteiger partial charge in [-0.2, -0.15) is 18.2 Å². The van der Waals surface area contributed by atoms with E-state index >= 15 is 0 Å². The fourth-order valence-electron chi connectivity index (χ4n) is 3.46. The molecule has 0 aliphatic carbocycles. The molecule has 11 heteroatoms. The normalized spacial score (nSPS) is 15.0. The summed E-state index contributed by atoms with van der Waals surface area (Å²) < 4.78 is 47.9. The lowest BCUT2D eigenvalue weighted by atomic mass is 10.2. The van der Waals surface area contributed by atoms with Gasteiger partial charge in [-0.1, -0.05) is 5.16 Å². The maximum Gasteiger partial charge on any atom is 0.446 e. The number of amides is 1. The number of piperazine rings is 1. The summed E-state index contributed by atoms with van der Waals surface area (Å²) in [5.74, 6) is 1.52. The number of rotatable bonds is 6. The van der Waals surface area contributed by atoms with E-state index in [9.17, 15) is 18.0 Å². The van der Waals surface area contributed by atoms with Gasteiger partial charge in [-0.15, -0.1) is 0 Å². The molecule has 0 saturated carbocycles. The van der Waals surface area contributed by atoms with Crippen LogP contribution in [0.2, 0.25) is 0 Å². The highest BCUT2D eigenvalue weighted by Gasteiger charge is 2.29. The smallest absolute Gasteiger partial charge is 0.446 e. The Bertz CT molecular complexity index is 1080. The Balaban J connectivity index is 1.29. The van der Waals surface area contributed by atoms with Gasteiger partial charge in [-0.3, -0.25) is 9.69 Å². The van der Waals surface area contributed by atoms with Crippen molar-refractivity contribution in [2.24, 2.45) is 0 Å². The van der Waals surface area contributed by atoms with Crippen molar-refractivity contribution in [3.8, 4) is 17.1 Å². The molecule has 1 aromatic heterocycles. The third-order valence-electron chi connectivity index (χ3n) is 5.17. The lowest BCUT2D eigenvalue weighted by Gasteiger charge is -2.34. The topological polar surface area (TPSA) is 71.7 Å². The highest BCUT2D eigenvalue weighted by Crippen LogP contribution is 2.36. The van der Waals surface area contributed by atoms with Crippen LogP contribution in [0.3, 0.4) is 0 Å². The molecule has 0 radical (unpaired) electrons. The van der Waals surface area contributed by atoms with Crippen molar-refractivity contribution in [3.63, 3.8) is 0 Å². The third-order valence-corrected chi connectivity index (χ3v) is 5.91. The summed E-state index contributed by atoms with van der Waals surface area (Å²) in [5.41, 5.74) is -3.16. The molecule has 0 bridgehead atoms. The molecule has 0 unspecified atom stereocenters. The number of benzene rings is 2. The third kappa shape index (κ3) is 6.05. The van der Waals surface area contributed by atoms with E-state index in [1.54, 1.807) is 12.0 Å². The Kier molecular flexibility index (Phi) is 6.89. The molecule has 0 N–H and O–H groups in total. The van der Waals surface area contributed by atoms with E-state index in [1.165, 1.54) is 24.3 Å². The summed E-state index contributed by atoms with van der Waals surface area (Å²) in [6, 6.07) is 12.9. The Morgan fingerprint density at radius 1 is 1.06 bits per heavy atom. The first-order chi connectivity index (χ1) is 15.8. The monoisotopic (exact) mass is 478 g/mol. The zero-order valence-corrected chi connectivity index (χ0v) is 18.5. The van der Waals surface area contributed by atoms with Crippen LogP contribution in [-0.2, 0) is 6.54 Å². The van der Waals surface area contributed by atoms with Gasteiger partial charge >= 0.3 is 5.51 Å². The molecule has 1 aliphatic rings. The average Bonchev–Trinajstić information content (AvgIpc) is 3.27. The van der Waals surface area contributed by atoms with E-state index in [-0.39, 0.29) is 22.6 Å². The number of thioether (sulfide) groups is 1. The number of nitrogens with zero attached hydrogens (tertiary/aromatic N) is 4. The van der Waals surface area contributed by atoms with Gasteiger partial charge in [0, 0.05) is 42.2 Å². The standard InChI is InChI=1S/C22H21F3N4O3S/c1-31-17-6-2-15(3-7-17)20-26-19(32-27-20)14-28-10-12-29(13-11-28)21(30)16-4-8-18(9-5-16)33-22(23,24)25/h2-9H,10-14H2,1H3. The van der Waals surface area contributed by atoms with Gasteiger partial charge in [0.15, 0.2) is 0 Å². The van der Waals surface area contributed by atoms with Crippen LogP contribution in [0.25, 0.3) is 11.4 Å². The number of aromatic nitrogens is 2. The van der Waals surface area contributed by atoms with E-state index < -0.39 is 5.51 Å². The quantitative estimate of drug-likeness (QED) is 0.489. The molecule has 174 valence electrons. The lowest BCUT2D eigenvalue weighted by Crippen LogP contribution is -2.48. The molecule has 0 atom stereocenters. The van der Waals surface area contributed by atoms with E-state index in [0.29, 0.717) is 50.0 Å². The number of alkyl halides is 3. The van der Waals surface area contributed by atoms with Crippen LogP contribution in [0, 0.1) is 0 Å². The number of methoxy groups -OCH3 is 1. The highest BCUT2D eigenvalue weighted by molar-refractivity contribution is 8.00. The van der Waals surface area contributed by atoms with Gasteiger partial charge in [0.25, 0.3) is 5.91 Å². The molecule has 4 rings (SSSR count). The van der Waals surface area contributed by atoms with Crippen LogP contribution in [0.15, 0.2) is 57.9 Å². The minimum atomic E-state index is -4.35. The maximum absolute atomic E-state index is 12.7. The SMILES string of the molecule is COc1ccc(-c2noc(CN3CCN(C(=O)c4ccc(SC(F)(F)F)cc4)CC3)n2)cc1. The molecule has 7 nitrogen and oxygen atoms in total. The predicted octanol–water partition coefficient (Wildman–Crippen LogP) is 4.32. The van der Waals surface area contributed by atoms with Crippen molar-refractivity contribution in [2.75, 3.05) is 33.3 Å². The first-order valence-corrected chi connectivity index (χ1v) is 11.0. The Morgan fingerprint density at radius 3 is 2.33 bits per heavy atom. The fraction of sp³-hybridized carbons (Fsp3) is 0.318. The van der Waals surface area contributed by atoms with Crippen molar-refractivity contribution in [3.05, 3.63) is 60.0 Å². The molecule has 33 heavy (non-hydrogen) atoms. The van der Waals surface area contributed by atoms with Crippen molar-refractivity contribution in [1.29, 1.82) is 0 Å². The zero-order valence-electron chi connectivity index (χ0n) is 17.7. The number of ether oxygens (including phenoxy) is 1. The summed E-state index contributed by atoms with van der Waals surface area (Å²) in [6.07, 6.45) is 0. The molecular weight excluding hydrogens is 457 g/mol. The first-order valence-electron chi connectivity index (χ1n) is 10.2. The van der Waals surface area contributed by atoms with Gasteiger partial charge in [0.2, 0.25) is 11.7 Å². The van der Waals surface area contributed by atoms with Crippen LogP contribution in [0.5, 0.6) is 5.75 Å². The Hall–Kier alpha value is -3.05. The zero-order chi connectivity index (χ0) is 23.4. The largest absolute Gasteiger partial charge is 0.497 e. The van der Waals surface area contributed by atoms with Gasteiger partial charge in [-0.25, -0.2) is 0 Å². The number of hydrogen-bond acceptors (Lipinski definition) is 7. The van der Waals surface area contributed by atoms with E-state index in [1.807, 2.05) is 24.3 Å². The van der Waals surface area contributed by atoms with Crippen molar-refractivity contribution in [1.82, 2.24) is 19.9 Å². The molecule has 1 fully saturated rings. The van der Waals surface area contributed by atoms with Crippen LogP contribution < -0.4 is 4.74 Å². The van der Waals surface area contributed by atoms with Crippen LogP contribution >= 0.6 is 11.8 Å². The summed E-state index contributed by atoms with van der Waals surface area (Å²) in [4.78, 5) is 21.0. The minimum Gasteiger partial charge on any atom is -0.497 e. The summed E-state index contributed by atoms with van der Waals surface area (Å²) in [7, 11) is 1.60. The van der Waals surface area contributed by atoms with Crippen LogP contribution in [0.1, 0.15) is 16.2 Å². The van der Waals surface area contributed by atoms with Gasteiger partial charge in [0.05, 0.1) is 13.7 Å². The summed E-state index contributed by atoms with van der Waals surface area (Å²) >= 11 is -0.197. The van der Waals surface area contributed by atoms with Crippen molar-refractivity contribution < 1.29 is 27.2 Å². The van der Waals surface area contributed by atoms with E-state index in [4.69, 9.17) is 9.26 Å². The van der Waals surface area contributed by atoms with Gasteiger partial charge < -0.3 is 14.2 Å². The summed E-state index contributed by atoms with van der Waals surface area (Å²) in [5, 5.41) is 4.03. The second-order valence-electron chi connectivity index (χ2n) is 7.38.